The molecule has 6 aliphatic rings. The zero-order chi connectivity index (χ0) is 32.5. The van der Waals surface area contributed by atoms with Crippen LogP contribution in [0.3, 0.4) is 0 Å². The fourth-order valence-electron chi connectivity index (χ4n) is 12.9. The lowest BCUT2D eigenvalue weighted by Crippen LogP contribution is -2.42. The van der Waals surface area contributed by atoms with Crippen LogP contribution >= 0.6 is 0 Å². The van der Waals surface area contributed by atoms with Gasteiger partial charge < -0.3 is 14.2 Å². The summed E-state index contributed by atoms with van der Waals surface area (Å²) >= 11 is 0. The number of nitrogens with zero attached hydrogens (tertiary/aromatic N) is 2. The molecule has 0 radical (unpaired) electrons. The number of ether oxygens (including phenoxy) is 3. The molecule has 0 heterocycles. The van der Waals surface area contributed by atoms with Gasteiger partial charge >= 0.3 is 0 Å². The first-order valence-electron chi connectivity index (χ1n) is 18.7. The highest BCUT2D eigenvalue weighted by atomic mass is 16.5. The van der Waals surface area contributed by atoms with Crippen molar-refractivity contribution in [1.82, 2.24) is 0 Å². The summed E-state index contributed by atoms with van der Waals surface area (Å²) in [5, 5.41) is 19.0. The van der Waals surface area contributed by atoms with E-state index < -0.39 is 0 Å². The molecule has 4 fully saturated rings. The van der Waals surface area contributed by atoms with E-state index in [-0.39, 0.29) is 0 Å². The van der Waals surface area contributed by atoms with Crippen molar-refractivity contribution < 1.29 is 14.2 Å². The van der Waals surface area contributed by atoms with E-state index in [4.69, 9.17) is 14.2 Å². The molecule has 2 aromatic carbocycles. The number of hydrogen-bond donors (Lipinski definition) is 0. The number of benzene rings is 2. The number of aryl methyl sites for hydroxylation is 2. The van der Waals surface area contributed by atoms with E-state index in [9.17, 15) is 10.5 Å². The van der Waals surface area contributed by atoms with Crippen LogP contribution in [-0.4, -0.2) is 14.2 Å². The zero-order valence-corrected chi connectivity index (χ0v) is 28.9. The minimum absolute atomic E-state index is 0.318. The minimum Gasteiger partial charge on any atom is -0.493 e. The molecule has 10 unspecified atom stereocenters. The number of nitriles is 2. The molecule has 10 atom stereocenters. The fraction of sp³-hybridized carbons (Fsp3) is 0.667. The third-order valence-electron chi connectivity index (χ3n) is 15.3. The summed E-state index contributed by atoms with van der Waals surface area (Å²) in [6.07, 6.45) is 15.9. The van der Waals surface area contributed by atoms with E-state index in [1.54, 1.807) is 14.2 Å². The lowest BCUT2D eigenvalue weighted by molar-refractivity contribution is 0.0296. The molecule has 8 rings (SSSR count). The third-order valence-corrected chi connectivity index (χ3v) is 15.3. The number of fused-ring (bicyclic) bond motifs is 10. The maximum absolute atomic E-state index is 9.49. The molecule has 5 nitrogen and oxygen atoms in total. The standard InChI is InChI=1S/C42H52N2O3/c1-41-17-13-29-31(35(41)11-7-27(41)15-19-43)9-5-25-21-39(37(45-3)23-33(25)29)47-40-22-26-6-10-32-30(34(26)24-38(40)46-4)14-18-42(2)28(16-20-44)8-12-36(32)42/h21-24,27-32,35-36H,5-18H2,1-4H3. The highest BCUT2D eigenvalue weighted by Gasteiger charge is 2.56. The lowest BCUT2D eigenvalue weighted by atomic mass is 9.54. The molecule has 4 saturated carbocycles. The minimum atomic E-state index is 0.318. The Bertz CT molecular complexity index is 1520. The van der Waals surface area contributed by atoms with Crippen LogP contribution in [0.5, 0.6) is 23.0 Å². The first-order valence-corrected chi connectivity index (χ1v) is 18.7. The predicted molar refractivity (Wildman–Crippen MR) is 183 cm³/mol. The van der Waals surface area contributed by atoms with E-state index in [0.29, 0.717) is 59.2 Å². The normalized spacial score (nSPS) is 37.9. The largest absolute Gasteiger partial charge is 0.493 e. The SMILES string of the molecule is COc1cc2c(cc1Oc1cc3c(cc1OC)C1CCC4(C)C(CC#N)CCC4C1CC3)CCC1C2CCC2(C)C(CC#N)CCC12. The van der Waals surface area contributed by atoms with E-state index in [1.807, 2.05) is 0 Å². The van der Waals surface area contributed by atoms with Crippen molar-refractivity contribution in [3.05, 3.63) is 46.5 Å². The summed E-state index contributed by atoms with van der Waals surface area (Å²) in [6.45, 7) is 4.99. The molecule has 0 saturated heterocycles. The van der Waals surface area contributed by atoms with Crippen LogP contribution in [0.1, 0.15) is 125 Å². The van der Waals surface area contributed by atoms with Crippen molar-refractivity contribution in [2.45, 2.75) is 116 Å². The Hall–Kier alpha value is -3.18. The quantitative estimate of drug-likeness (QED) is 0.317. The number of methoxy groups -OCH3 is 2. The Morgan fingerprint density at radius 1 is 0.617 bits per heavy atom. The van der Waals surface area contributed by atoms with E-state index in [1.165, 1.54) is 86.5 Å². The summed E-state index contributed by atoms with van der Waals surface area (Å²) in [6, 6.07) is 14.1. The van der Waals surface area contributed by atoms with Gasteiger partial charge in [0.15, 0.2) is 23.0 Å². The molecule has 0 amide bonds. The van der Waals surface area contributed by atoms with Gasteiger partial charge in [-0.2, -0.15) is 10.5 Å². The molecule has 0 bridgehead atoms. The van der Waals surface area contributed by atoms with Crippen molar-refractivity contribution in [2.75, 3.05) is 14.2 Å². The van der Waals surface area contributed by atoms with Gasteiger partial charge in [0.2, 0.25) is 0 Å². The highest BCUT2D eigenvalue weighted by Crippen LogP contribution is 2.65. The van der Waals surface area contributed by atoms with Gasteiger partial charge in [-0.15, -0.1) is 0 Å². The average molecular weight is 633 g/mol. The van der Waals surface area contributed by atoms with Gasteiger partial charge in [-0.25, -0.2) is 0 Å². The summed E-state index contributed by atoms with van der Waals surface area (Å²) in [4.78, 5) is 0. The van der Waals surface area contributed by atoms with Crippen LogP contribution in [0, 0.1) is 69.0 Å². The molecule has 0 aromatic heterocycles. The van der Waals surface area contributed by atoms with Crippen molar-refractivity contribution >= 4 is 0 Å². The van der Waals surface area contributed by atoms with Gasteiger partial charge in [-0.1, -0.05) is 13.8 Å². The summed E-state index contributed by atoms with van der Waals surface area (Å²) in [5.41, 5.74) is 6.39. The van der Waals surface area contributed by atoms with Gasteiger partial charge in [0.05, 0.1) is 26.4 Å². The molecule has 47 heavy (non-hydrogen) atoms. The van der Waals surface area contributed by atoms with E-state index >= 15 is 0 Å². The second kappa shape index (κ2) is 11.8. The Morgan fingerprint density at radius 2 is 1.06 bits per heavy atom. The lowest BCUT2D eigenvalue weighted by Gasteiger charge is -2.51. The van der Waals surface area contributed by atoms with Gasteiger partial charge in [0, 0.05) is 12.8 Å². The van der Waals surface area contributed by atoms with Crippen LogP contribution in [0.4, 0.5) is 0 Å². The third kappa shape index (κ3) is 4.73. The number of rotatable bonds is 6. The van der Waals surface area contributed by atoms with Crippen molar-refractivity contribution in [2.24, 2.45) is 46.3 Å². The topological polar surface area (TPSA) is 75.3 Å². The fourth-order valence-corrected chi connectivity index (χ4v) is 12.9. The second-order valence-electron chi connectivity index (χ2n) is 16.7. The van der Waals surface area contributed by atoms with Gasteiger partial charge in [-0.05, 0) is 182 Å². The van der Waals surface area contributed by atoms with Gasteiger partial charge in [0.25, 0.3) is 0 Å². The first kappa shape index (κ1) is 31.1. The van der Waals surface area contributed by atoms with Gasteiger partial charge in [-0.3, -0.25) is 0 Å². The maximum Gasteiger partial charge on any atom is 0.169 e. The van der Waals surface area contributed by atoms with Crippen LogP contribution < -0.4 is 14.2 Å². The molecule has 2 aromatic rings. The first-order chi connectivity index (χ1) is 22.8. The summed E-state index contributed by atoms with van der Waals surface area (Å²) in [7, 11) is 3.53. The summed E-state index contributed by atoms with van der Waals surface area (Å²) in [5.74, 6) is 8.30. The Labute approximate surface area is 282 Å². The molecule has 0 N–H and O–H groups in total. The van der Waals surface area contributed by atoms with Crippen LogP contribution in [0.15, 0.2) is 24.3 Å². The molecular formula is C42H52N2O3. The van der Waals surface area contributed by atoms with E-state index in [2.05, 4.69) is 50.3 Å². The monoisotopic (exact) mass is 632 g/mol. The molecule has 5 heteroatoms. The van der Waals surface area contributed by atoms with Crippen LogP contribution in [0.25, 0.3) is 0 Å². The zero-order valence-electron chi connectivity index (χ0n) is 28.9. The molecule has 0 aliphatic heterocycles. The van der Waals surface area contributed by atoms with Crippen molar-refractivity contribution in [1.29, 1.82) is 10.5 Å². The molecular weight excluding hydrogens is 580 g/mol. The smallest absolute Gasteiger partial charge is 0.169 e. The Morgan fingerprint density at radius 3 is 1.47 bits per heavy atom. The maximum atomic E-state index is 9.49. The van der Waals surface area contributed by atoms with Gasteiger partial charge in [0.1, 0.15) is 0 Å². The van der Waals surface area contributed by atoms with Crippen molar-refractivity contribution in [3.63, 3.8) is 0 Å². The molecule has 6 aliphatic carbocycles. The molecule has 0 spiro atoms. The number of hydrogen-bond acceptors (Lipinski definition) is 5. The Kier molecular flexibility index (Phi) is 7.78. The average Bonchev–Trinajstić information content (AvgIpc) is 3.60. The van der Waals surface area contributed by atoms with Crippen molar-refractivity contribution in [3.8, 4) is 35.1 Å². The molecule has 248 valence electrons. The highest BCUT2D eigenvalue weighted by molar-refractivity contribution is 5.56. The predicted octanol–water partition coefficient (Wildman–Crippen LogP) is 10.3. The Balaban J connectivity index is 1.05. The van der Waals surface area contributed by atoms with Crippen LogP contribution in [0.2, 0.25) is 0 Å². The second-order valence-corrected chi connectivity index (χ2v) is 16.7. The summed E-state index contributed by atoms with van der Waals surface area (Å²) < 4.78 is 18.8. The van der Waals surface area contributed by atoms with Crippen LogP contribution in [-0.2, 0) is 12.8 Å². The van der Waals surface area contributed by atoms with E-state index in [0.717, 1.165) is 47.7 Å².